The quantitative estimate of drug-likeness (QED) is 0.0763. The fraction of sp³-hybridized carbons (Fsp3) is 0.781. The first-order valence-corrected chi connectivity index (χ1v) is 32.7. The minimum Gasteiger partial charge on any atom is -0.458 e. The van der Waals surface area contributed by atoms with E-state index in [9.17, 15) is 67.1 Å². The van der Waals surface area contributed by atoms with Crippen molar-refractivity contribution in [2.45, 2.75) is 223 Å². The summed E-state index contributed by atoms with van der Waals surface area (Å²) in [6, 6.07) is -11.3. The van der Waals surface area contributed by atoms with Crippen LogP contribution in [0.2, 0.25) is 0 Å². The maximum Gasteiger partial charge on any atom is 0.329 e. The molecule has 0 aromatic rings. The van der Waals surface area contributed by atoms with Gasteiger partial charge in [0.1, 0.15) is 67.1 Å². The Morgan fingerprint density at radius 2 is 1.04 bits per heavy atom. The molecule has 5 unspecified atom stereocenters. The Hall–Kier alpha value is -7.46. The van der Waals surface area contributed by atoms with Crippen molar-refractivity contribution in [3.8, 4) is 0 Å². The highest BCUT2D eigenvalue weighted by Crippen LogP contribution is 2.19. The van der Waals surface area contributed by atoms with E-state index in [-0.39, 0.29) is 76.1 Å². The van der Waals surface area contributed by atoms with Gasteiger partial charge < -0.3 is 77.8 Å². The van der Waals surface area contributed by atoms with Crippen LogP contribution in [-0.2, 0) is 76.6 Å². The molecule has 0 aliphatic carbocycles. The highest BCUT2D eigenvalue weighted by Gasteiger charge is 2.40. The molecule has 0 saturated carbocycles. The number of likely N-dealkylation sites (N-methyl/N-ethyl adjacent to an activating group) is 2. The van der Waals surface area contributed by atoms with Gasteiger partial charge in [0.15, 0.2) is 0 Å². The molecule has 1 aliphatic rings. The van der Waals surface area contributed by atoms with Crippen molar-refractivity contribution in [1.82, 2.24) is 68.3 Å². The van der Waals surface area contributed by atoms with Gasteiger partial charge in [0.05, 0.1) is 6.54 Å². The normalized spacial score (nSPS) is 23.9. The SMILES string of the molecule is CCC(C)C1NC(=O)CCNC(=O)[C@H](C(C)C)NC(=O)C(CC(C)C)NC(=O)CCNC(=O)[C@@H](NC(=O)[C@H](CC(C)C)N(C)C(=O)[C@@H](NC(=O)COC)C(C)C)C(C)OC(=O)[C@H](C(C)C)NC(=O)C(CC(C)C)NC(=O)CCNC(=O)CN(C)C(=O)[C@H](C(C)C)NC1=O. The molecule has 0 aromatic carbocycles. The van der Waals surface area contributed by atoms with Crippen LogP contribution in [0.1, 0.15) is 163 Å². The molecule has 93 heavy (non-hydrogen) atoms. The van der Waals surface area contributed by atoms with E-state index in [0.29, 0.717) is 6.42 Å². The number of nitrogens with one attached hydrogen (secondary N) is 11. The third-order valence-electron chi connectivity index (χ3n) is 15.6. The monoisotopic (exact) mass is 1320 g/mol. The summed E-state index contributed by atoms with van der Waals surface area (Å²) in [7, 11) is 4.06. The first-order valence-electron chi connectivity index (χ1n) is 32.7. The molecule has 0 radical (unpaired) electrons. The second kappa shape index (κ2) is 41.3. The van der Waals surface area contributed by atoms with Crippen molar-refractivity contribution in [2.75, 3.05) is 54.0 Å². The Bertz CT molecular complexity index is 2540. The Balaban J connectivity index is 3.95. The average molecular weight is 1320 g/mol. The molecule has 0 spiro atoms. The van der Waals surface area contributed by atoms with Crippen LogP contribution in [0.15, 0.2) is 0 Å². The van der Waals surface area contributed by atoms with Crippen LogP contribution in [0.25, 0.3) is 0 Å². The van der Waals surface area contributed by atoms with E-state index in [0.717, 1.165) is 9.80 Å². The number of rotatable bonds is 19. The highest BCUT2D eigenvalue weighted by atomic mass is 16.5. The minimum atomic E-state index is -1.73. The first-order chi connectivity index (χ1) is 43.3. The number of hydrogen-bond acceptors (Lipinski definition) is 16. The average Bonchev–Trinajstić information content (AvgIpc) is 1.32. The van der Waals surface area contributed by atoms with Gasteiger partial charge in [-0.05, 0) is 73.5 Å². The first kappa shape index (κ1) is 83.6. The second-order valence-corrected chi connectivity index (χ2v) is 26.9. The number of ether oxygens (including phenoxy) is 2. The lowest BCUT2D eigenvalue weighted by Crippen LogP contribution is -2.61. The van der Waals surface area contributed by atoms with Gasteiger partial charge in [-0.3, -0.25) is 62.3 Å². The lowest BCUT2D eigenvalue weighted by atomic mass is 9.96. The molecule has 1 aliphatic heterocycles. The zero-order chi connectivity index (χ0) is 71.3. The number of amides is 13. The summed E-state index contributed by atoms with van der Waals surface area (Å²) >= 11 is 0. The van der Waals surface area contributed by atoms with E-state index in [4.69, 9.17) is 9.47 Å². The van der Waals surface area contributed by atoms with E-state index in [1.807, 2.05) is 20.8 Å². The third-order valence-corrected chi connectivity index (χ3v) is 15.6. The number of cyclic esters (lactones) is 1. The Morgan fingerprint density at radius 1 is 0.581 bits per heavy atom. The molecule has 11 N–H and O–H groups in total. The zero-order valence-corrected chi connectivity index (χ0v) is 58.8. The number of hydrogen-bond donors (Lipinski definition) is 11. The standard InChI is InChI=1S/C64H113N13O16/c1-21-40(16)54-61(88)73-51(37(10)11)62(89)76(18)31-48(81)65-25-22-45(78)69-43(29-34(4)5)57(84)74-53(39(14)15)64(91)93-41(17)55(75-58(85)44(30-35(6)7)77(19)63(90)52(38(12)13)71-49(82)32-92-20)60(87)67-26-23-46(79)68-42(28-33(2)3)56(83)72-50(36(8)9)59(86)66-27-24-47(80)70-54/h33-44,50-55H,21-32H2,1-20H3,(H,65,81)(H,66,86)(H,67,87)(H,68,79)(H,69,78)(H,70,80)(H,71,82)(H,72,83)(H,73,88)(H,74,84)(H,75,85)/t40?,41?,42?,43?,44-,50-,51-,52-,53-,54?,55-/m0/s1. The fourth-order valence-electron chi connectivity index (χ4n) is 9.99. The molecule has 530 valence electrons. The van der Waals surface area contributed by atoms with Gasteiger partial charge in [-0.15, -0.1) is 0 Å². The van der Waals surface area contributed by atoms with Gasteiger partial charge in [-0.25, -0.2) is 4.79 Å². The maximum absolute atomic E-state index is 14.7. The molecule has 1 saturated heterocycles. The number of esters is 1. The van der Waals surface area contributed by atoms with Crippen LogP contribution in [-0.4, -0.2) is 207 Å². The number of carbonyl (C=O) groups is 14. The summed E-state index contributed by atoms with van der Waals surface area (Å²) in [4.78, 5) is 196. The molecule has 29 nitrogen and oxygen atoms in total. The van der Waals surface area contributed by atoms with Crippen molar-refractivity contribution in [3.63, 3.8) is 0 Å². The summed E-state index contributed by atoms with van der Waals surface area (Å²) in [5, 5.41) is 29.4. The topological polar surface area (TPSA) is 396 Å². The number of nitrogens with zero attached hydrogens (tertiary/aromatic N) is 2. The van der Waals surface area contributed by atoms with Crippen molar-refractivity contribution in [1.29, 1.82) is 0 Å². The van der Waals surface area contributed by atoms with Crippen LogP contribution in [0.5, 0.6) is 0 Å². The zero-order valence-electron chi connectivity index (χ0n) is 58.8. The molecule has 11 atom stereocenters. The van der Waals surface area contributed by atoms with Gasteiger partial charge in [0.2, 0.25) is 76.8 Å². The predicted molar refractivity (Wildman–Crippen MR) is 347 cm³/mol. The largest absolute Gasteiger partial charge is 0.458 e. The van der Waals surface area contributed by atoms with Gasteiger partial charge in [0, 0.05) is 60.1 Å². The summed E-state index contributed by atoms with van der Waals surface area (Å²) in [6.45, 7) is 27.5. The summed E-state index contributed by atoms with van der Waals surface area (Å²) in [5.41, 5.74) is 0. The van der Waals surface area contributed by atoms with E-state index in [1.54, 1.807) is 90.0 Å². The summed E-state index contributed by atoms with van der Waals surface area (Å²) in [6.07, 6.45) is -1.80. The third kappa shape index (κ3) is 29.6. The number of methoxy groups -OCH3 is 1. The highest BCUT2D eigenvalue weighted by molar-refractivity contribution is 5.97. The van der Waals surface area contributed by atoms with Gasteiger partial charge in [0.25, 0.3) is 0 Å². The van der Waals surface area contributed by atoms with Gasteiger partial charge >= 0.3 is 5.97 Å². The van der Waals surface area contributed by atoms with E-state index < -0.39 is 186 Å². The van der Waals surface area contributed by atoms with Crippen molar-refractivity contribution < 1.29 is 76.6 Å². The Morgan fingerprint density at radius 3 is 1.49 bits per heavy atom. The van der Waals surface area contributed by atoms with Crippen LogP contribution in [0, 0.1) is 47.3 Å². The summed E-state index contributed by atoms with van der Waals surface area (Å²) in [5.74, 6) is -13.0. The smallest absolute Gasteiger partial charge is 0.329 e. The summed E-state index contributed by atoms with van der Waals surface area (Å²) < 4.78 is 10.9. The minimum absolute atomic E-state index is 0.0595. The van der Waals surface area contributed by atoms with Crippen LogP contribution in [0.4, 0.5) is 0 Å². The van der Waals surface area contributed by atoms with Crippen molar-refractivity contribution >= 4 is 82.8 Å². The molecule has 1 fully saturated rings. The molecule has 1 heterocycles. The van der Waals surface area contributed by atoms with E-state index >= 15 is 0 Å². The lowest BCUT2D eigenvalue weighted by Gasteiger charge is -2.34. The van der Waals surface area contributed by atoms with Crippen molar-refractivity contribution in [2.24, 2.45) is 47.3 Å². The van der Waals surface area contributed by atoms with Crippen LogP contribution >= 0.6 is 0 Å². The molecule has 0 aromatic heterocycles. The Kier molecular flexibility index (Phi) is 37.1. The molecular formula is C64H113N13O16. The van der Waals surface area contributed by atoms with Crippen LogP contribution in [0.3, 0.4) is 0 Å². The number of carbonyl (C=O) groups excluding carboxylic acids is 14. The molecule has 13 amide bonds. The predicted octanol–water partition coefficient (Wildman–Crippen LogP) is 0.0692. The molecular weight excluding hydrogens is 1210 g/mol. The molecule has 29 heteroatoms. The van der Waals surface area contributed by atoms with Crippen molar-refractivity contribution in [3.05, 3.63) is 0 Å². The Labute approximate surface area is 550 Å². The van der Waals surface area contributed by atoms with Crippen LogP contribution < -0.4 is 58.5 Å². The van der Waals surface area contributed by atoms with Gasteiger partial charge in [-0.2, -0.15) is 0 Å². The fourth-order valence-corrected chi connectivity index (χ4v) is 9.99. The van der Waals surface area contributed by atoms with E-state index in [2.05, 4.69) is 58.5 Å². The maximum atomic E-state index is 14.7. The van der Waals surface area contributed by atoms with E-state index in [1.165, 1.54) is 28.1 Å². The molecule has 0 bridgehead atoms. The molecule has 1 rings (SSSR count). The lowest BCUT2D eigenvalue weighted by molar-refractivity contribution is -0.157. The van der Waals surface area contributed by atoms with Gasteiger partial charge in [-0.1, -0.05) is 117 Å². The second-order valence-electron chi connectivity index (χ2n) is 26.9.